The fourth-order valence-electron chi connectivity index (χ4n) is 1.84. The maximum Gasteiger partial charge on any atom is 0.265 e. The SMILES string of the molecule is CC(C)(O)C(=O)N1C(=O)Cc2cc(N)ccc21. The van der Waals surface area contributed by atoms with Crippen LogP contribution >= 0.6 is 0 Å². The number of nitrogen functional groups attached to an aromatic ring is 1. The average molecular weight is 234 g/mol. The molecule has 0 unspecified atom stereocenters. The van der Waals surface area contributed by atoms with Gasteiger partial charge in [0, 0.05) is 5.69 Å². The number of nitrogens with two attached hydrogens (primary N) is 1. The third kappa shape index (κ3) is 1.89. The van der Waals surface area contributed by atoms with Crippen molar-refractivity contribution in [3.05, 3.63) is 23.8 Å². The number of hydrogen-bond acceptors (Lipinski definition) is 4. The topological polar surface area (TPSA) is 83.6 Å². The van der Waals surface area contributed by atoms with Gasteiger partial charge in [-0.3, -0.25) is 9.59 Å². The molecule has 1 aromatic rings. The first-order chi connectivity index (χ1) is 7.80. The highest BCUT2D eigenvalue weighted by Gasteiger charge is 2.39. The summed E-state index contributed by atoms with van der Waals surface area (Å²) in [5, 5.41) is 9.68. The van der Waals surface area contributed by atoms with Gasteiger partial charge in [-0.1, -0.05) is 0 Å². The highest BCUT2D eigenvalue weighted by Crippen LogP contribution is 2.32. The first-order valence-corrected chi connectivity index (χ1v) is 5.29. The van der Waals surface area contributed by atoms with Crippen LogP contribution < -0.4 is 10.6 Å². The lowest BCUT2D eigenvalue weighted by Gasteiger charge is -2.23. The first kappa shape index (κ1) is 11.6. The van der Waals surface area contributed by atoms with Gasteiger partial charge >= 0.3 is 0 Å². The lowest BCUT2D eigenvalue weighted by molar-refractivity contribution is -0.136. The van der Waals surface area contributed by atoms with E-state index in [1.165, 1.54) is 13.8 Å². The van der Waals surface area contributed by atoms with E-state index in [-0.39, 0.29) is 12.3 Å². The van der Waals surface area contributed by atoms with Gasteiger partial charge in [0.2, 0.25) is 5.91 Å². The number of rotatable bonds is 1. The highest BCUT2D eigenvalue weighted by atomic mass is 16.3. The third-order valence-electron chi connectivity index (χ3n) is 2.66. The number of nitrogens with zero attached hydrogens (tertiary/aromatic N) is 1. The molecule has 2 rings (SSSR count). The molecule has 5 heteroatoms. The van der Waals surface area contributed by atoms with E-state index in [9.17, 15) is 14.7 Å². The van der Waals surface area contributed by atoms with Crippen LogP contribution in [0.2, 0.25) is 0 Å². The van der Waals surface area contributed by atoms with Gasteiger partial charge in [-0.05, 0) is 37.6 Å². The van der Waals surface area contributed by atoms with Crippen molar-refractivity contribution in [2.75, 3.05) is 10.6 Å². The Balaban J connectivity index is 2.46. The van der Waals surface area contributed by atoms with Crippen molar-refractivity contribution in [3.63, 3.8) is 0 Å². The number of hydrogen-bond donors (Lipinski definition) is 2. The fourth-order valence-corrected chi connectivity index (χ4v) is 1.84. The Labute approximate surface area is 98.8 Å². The lowest BCUT2D eigenvalue weighted by atomic mass is 10.1. The summed E-state index contributed by atoms with van der Waals surface area (Å²) in [5.41, 5.74) is 5.82. The van der Waals surface area contributed by atoms with E-state index < -0.39 is 11.5 Å². The second-order valence-corrected chi connectivity index (χ2v) is 4.66. The predicted octanol–water partition coefficient (Wildman–Crippen LogP) is 0.455. The zero-order valence-corrected chi connectivity index (χ0v) is 9.73. The highest BCUT2D eigenvalue weighted by molar-refractivity contribution is 6.21. The molecule has 2 amide bonds. The Bertz CT molecular complexity index is 503. The van der Waals surface area contributed by atoms with E-state index in [2.05, 4.69) is 0 Å². The van der Waals surface area contributed by atoms with Gasteiger partial charge in [-0.2, -0.15) is 0 Å². The zero-order valence-electron chi connectivity index (χ0n) is 9.73. The van der Waals surface area contributed by atoms with Gasteiger partial charge in [0.25, 0.3) is 5.91 Å². The number of anilines is 2. The molecule has 3 N–H and O–H groups in total. The zero-order chi connectivity index (χ0) is 12.8. The Morgan fingerprint density at radius 1 is 1.47 bits per heavy atom. The minimum atomic E-state index is -1.57. The number of carbonyl (C=O) groups excluding carboxylic acids is 2. The van der Waals surface area contributed by atoms with Crippen LogP contribution in [0.1, 0.15) is 19.4 Å². The summed E-state index contributed by atoms with van der Waals surface area (Å²) < 4.78 is 0. The molecular weight excluding hydrogens is 220 g/mol. The molecule has 0 radical (unpaired) electrons. The van der Waals surface area contributed by atoms with Crippen LogP contribution in [0, 0.1) is 0 Å². The molecule has 0 aromatic heterocycles. The van der Waals surface area contributed by atoms with Gasteiger partial charge in [0.15, 0.2) is 0 Å². The maximum atomic E-state index is 11.9. The molecule has 1 heterocycles. The van der Waals surface area contributed by atoms with Gasteiger partial charge in [-0.15, -0.1) is 0 Å². The van der Waals surface area contributed by atoms with Gasteiger partial charge in [0.1, 0.15) is 5.60 Å². The number of aliphatic hydroxyl groups is 1. The summed E-state index contributed by atoms with van der Waals surface area (Å²) in [6.07, 6.45) is 0.141. The number of fused-ring (bicyclic) bond motifs is 1. The Morgan fingerprint density at radius 2 is 2.12 bits per heavy atom. The summed E-state index contributed by atoms with van der Waals surface area (Å²) in [6, 6.07) is 4.92. The van der Waals surface area contributed by atoms with Crippen LogP contribution in [-0.2, 0) is 16.0 Å². The summed E-state index contributed by atoms with van der Waals surface area (Å²) >= 11 is 0. The minimum absolute atomic E-state index is 0.141. The normalized spacial score (nSPS) is 15.0. The van der Waals surface area contributed by atoms with Crippen molar-refractivity contribution in [1.82, 2.24) is 0 Å². The minimum Gasteiger partial charge on any atom is -0.399 e. The lowest BCUT2D eigenvalue weighted by Crippen LogP contribution is -2.46. The molecule has 1 aliphatic rings. The standard InChI is InChI=1S/C12H14N2O3/c1-12(2,17)11(16)14-9-4-3-8(13)5-7(9)6-10(14)15/h3-5,17H,6,13H2,1-2H3. The van der Waals surface area contributed by atoms with E-state index in [0.29, 0.717) is 16.9 Å². The van der Waals surface area contributed by atoms with Crippen LogP contribution in [0.15, 0.2) is 18.2 Å². The molecule has 1 aromatic carbocycles. The van der Waals surface area contributed by atoms with Crippen LogP contribution in [0.4, 0.5) is 11.4 Å². The van der Waals surface area contributed by atoms with Crippen molar-refractivity contribution in [2.45, 2.75) is 25.9 Å². The Kier molecular flexibility index (Phi) is 2.43. The Morgan fingerprint density at radius 3 is 2.71 bits per heavy atom. The summed E-state index contributed by atoms with van der Waals surface area (Å²) in [4.78, 5) is 24.8. The molecule has 5 nitrogen and oxygen atoms in total. The molecule has 1 aliphatic heterocycles. The molecule has 17 heavy (non-hydrogen) atoms. The monoisotopic (exact) mass is 234 g/mol. The Hall–Kier alpha value is -1.88. The number of imide groups is 1. The number of amides is 2. The molecule has 0 spiro atoms. The fraction of sp³-hybridized carbons (Fsp3) is 0.333. The van der Waals surface area contributed by atoms with Gasteiger partial charge in [-0.25, -0.2) is 4.90 Å². The van der Waals surface area contributed by atoms with E-state index in [0.717, 1.165) is 4.90 Å². The molecule has 0 saturated heterocycles. The summed E-state index contributed by atoms with van der Waals surface area (Å²) in [7, 11) is 0. The second kappa shape index (κ2) is 3.56. The van der Waals surface area contributed by atoms with Gasteiger partial charge < -0.3 is 10.8 Å². The smallest absolute Gasteiger partial charge is 0.265 e. The molecular formula is C12H14N2O3. The largest absolute Gasteiger partial charge is 0.399 e. The van der Waals surface area contributed by atoms with E-state index >= 15 is 0 Å². The summed E-state index contributed by atoms with van der Waals surface area (Å²) in [5.74, 6) is -0.955. The molecule has 0 atom stereocenters. The average Bonchev–Trinajstić information content (AvgIpc) is 2.50. The van der Waals surface area contributed by atoms with Crippen LogP contribution in [0.25, 0.3) is 0 Å². The third-order valence-corrected chi connectivity index (χ3v) is 2.66. The molecule has 90 valence electrons. The molecule has 0 fully saturated rings. The van der Waals surface area contributed by atoms with E-state index in [1.807, 2.05) is 0 Å². The van der Waals surface area contributed by atoms with Crippen molar-refractivity contribution in [3.8, 4) is 0 Å². The van der Waals surface area contributed by atoms with Gasteiger partial charge in [0.05, 0.1) is 12.1 Å². The van der Waals surface area contributed by atoms with Crippen molar-refractivity contribution >= 4 is 23.2 Å². The molecule has 0 saturated carbocycles. The van der Waals surface area contributed by atoms with Crippen molar-refractivity contribution < 1.29 is 14.7 Å². The summed E-state index contributed by atoms with van der Waals surface area (Å²) in [6.45, 7) is 2.72. The van der Waals surface area contributed by atoms with Crippen LogP contribution in [0.5, 0.6) is 0 Å². The molecule has 0 aliphatic carbocycles. The predicted molar refractivity (Wildman–Crippen MR) is 63.3 cm³/mol. The van der Waals surface area contributed by atoms with E-state index in [1.54, 1.807) is 18.2 Å². The van der Waals surface area contributed by atoms with Crippen LogP contribution in [-0.4, -0.2) is 22.5 Å². The van der Waals surface area contributed by atoms with Crippen molar-refractivity contribution in [2.24, 2.45) is 0 Å². The maximum absolute atomic E-state index is 11.9. The first-order valence-electron chi connectivity index (χ1n) is 5.29. The second-order valence-electron chi connectivity index (χ2n) is 4.66. The number of benzene rings is 1. The van der Waals surface area contributed by atoms with E-state index in [4.69, 9.17) is 5.73 Å². The number of carbonyl (C=O) groups is 2. The molecule has 0 bridgehead atoms. The van der Waals surface area contributed by atoms with Crippen LogP contribution in [0.3, 0.4) is 0 Å². The van der Waals surface area contributed by atoms with Crippen molar-refractivity contribution in [1.29, 1.82) is 0 Å². The quantitative estimate of drug-likeness (QED) is 0.691.